The van der Waals surface area contributed by atoms with Crippen LogP contribution in [-0.4, -0.2) is 5.11 Å². The molecule has 0 amide bonds. The zero-order valence-corrected chi connectivity index (χ0v) is 17.9. The SMILES string of the molecule is C#CC1=CCC2C3CCc4cc(O)ccc4C3CC[C@]12C.[Ac]. The summed E-state index contributed by atoms with van der Waals surface area (Å²) in [5, 5.41) is 9.71. The third kappa shape index (κ3) is 2.32. The average Bonchev–Trinajstić information content (AvgIpc) is 2.83. The second kappa shape index (κ2) is 6.00. The van der Waals surface area contributed by atoms with Crippen molar-refractivity contribution in [2.24, 2.45) is 17.3 Å². The van der Waals surface area contributed by atoms with Crippen LogP contribution < -0.4 is 0 Å². The van der Waals surface area contributed by atoms with Crippen LogP contribution in [0.15, 0.2) is 29.8 Å². The van der Waals surface area contributed by atoms with Crippen LogP contribution in [0, 0.1) is 73.7 Å². The Labute approximate surface area is 169 Å². The van der Waals surface area contributed by atoms with E-state index in [1.807, 2.05) is 12.1 Å². The average molecular weight is 505 g/mol. The minimum atomic E-state index is 0. The van der Waals surface area contributed by atoms with Crippen molar-refractivity contribution < 1.29 is 49.2 Å². The van der Waals surface area contributed by atoms with Crippen LogP contribution >= 0.6 is 0 Å². The number of allylic oxidation sites excluding steroid dienone is 2. The molecule has 2 heteroatoms. The third-order valence-corrected chi connectivity index (χ3v) is 6.45. The predicted molar refractivity (Wildman–Crippen MR) is 85.0 cm³/mol. The molecule has 1 N–H and O–H groups in total. The van der Waals surface area contributed by atoms with Gasteiger partial charge in [0.25, 0.3) is 0 Å². The zero-order chi connectivity index (χ0) is 14.6. The van der Waals surface area contributed by atoms with Crippen LogP contribution in [0.25, 0.3) is 0 Å². The van der Waals surface area contributed by atoms with Crippen LogP contribution in [0.4, 0.5) is 0 Å². The second-order valence-electron chi connectivity index (χ2n) is 7.25. The Morgan fingerprint density at radius 1 is 1.32 bits per heavy atom. The smallest absolute Gasteiger partial charge is 0.115 e. The number of aromatic hydroxyl groups is 1. The zero-order valence-electron chi connectivity index (χ0n) is 13.2. The van der Waals surface area contributed by atoms with E-state index >= 15 is 0 Å². The monoisotopic (exact) mass is 505 g/mol. The Bertz CT molecular complexity index is 669. The molecule has 4 atom stereocenters. The molecule has 3 aliphatic carbocycles. The topological polar surface area (TPSA) is 20.2 Å². The Morgan fingerprint density at radius 3 is 2.91 bits per heavy atom. The molecular weight excluding hydrogens is 483 g/mol. The van der Waals surface area contributed by atoms with Gasteiger partial charge in [-0.15, -0.1) is 6.42 Å². The van der Waals surface area contributed by atoms with Gasteiger partial charge in [0, 0.05) is 55.1 Å². The number of hydrogen-bond donors (Lipinski definition) is 1. The van der Waals surface area contributed by atoms with Gasteiger partial charge in [-0.1, -0.05) is 25.0 Å². The molecule has 0 bridgehead atoms. The molecule has 4 rings (SSSR count). The van der Waals surface area contributed by atoms with Crippen LogP contribution in [-0.2, 0) is 6.42 Å². The Hall–Kier alpha value is -0.238. The number of terminal acetylenes is 1. The van der Waals surface area contributed by atoms with Gasteiger partial charge in [0.05, 0.1) is 0 Å². The molecule has 1 nitrogen and oxygen atoms in total. The summed E-state index contributed by atoms with van der Waals surface area (Å²) in [7, 11) is 0. The van der Waals surface area contributed by atoms with Crippen LogP contribution in [0.5, 0.6) is 5.75 Å². The fraction of sp³-hybridized carbons (Fsp3) is 0.500. The van der Waals surface area contributed by atoms with Crippen molar-refractivity contribution in [1.82, 2.24) is 0 Å². The van der Waals surface area contributed by atoms with Crippen molar-refractivity contribution in [1.29, 1.82) is 0 Å². The Balaban J connectivity index is 0.00000144. The van der Waals surface area contributed by atoms with E-state index in [-0.39, 0.29) is 49.5 Å². The predicted octanol–water partition coefficient (Wildman–Crippen LogP) is 4.42. The van der Waals surface area contributed by atoms with Crippen molar-refractivity contribution in [3.63, 3.8) is 0 Å². The molecule has 0 spiro atoms. The van der Waals surface area contributed by atoms with E-state index in [1.54, 1.807) is 0 Å². The Morgan fingerprint density at radius 2 is 2.14 bits per heavy atom. The van der Waals surface area contributed by atoms with Crippen LogP contribution in [0.3, 0.4) is 0 Å². The van der Waals surface area contributed by atoms with E-state index in [0.717, 1.165) is 18.8 Å². The summed E-state index contributed by atoms with van der Waals surface area (Å²) in [4.78, 5) is 0. The maximum Gasteiger partial charge on any atom is 0.115 e. The van der Waals surface area contributed by atoms with Gasteiger partial charge < -0.3 is 5.11 Å². The van der Waals surface area contributed by atoms with Gasteiger partial charge in [0.15, 0.2) is 0 Å². The molecule has 1 aromatic carbocycles. The summed E-state index contributed by atoms with van der Waals surface area (Å²) in [6.07, 6.45) is 14.0. The maximum absolute atomic E-state index is 9.71. The second-order valence-corrected chi connectivity index (χ2v) is 7.25. The van der Waals surface area contributed by atoms with E-state index in [4.69, 9.17) is 6.42 Å². The molecule has 3 unspecified atom stereocenters. The molecule has 0 heterocycles. The van der Waals surface area contributed by atoms with Crippen molar-refractivity contribution in [2.75, 3.05) is 0 Å². The summed E-state index contributed by atoms with van der Waals surface area (Å²) in [6, 6.07) is 5.99. The Kier molecular flexibility index (Phi) is 4.53. The molecule has 1 saturated carbocycles. The summed E-state index contributed by atoms with van der Waals surface area (Å²) in [5.74, 6) is 5.49. The minimum absolute atomic E-state index is 0. The fourth-order valence-corrected chi connectivity index (χ4v) is 5.36. The van der Waals surface area contributed by atoms with Gasteiger partial charge in [0.2, 0.25) is 0 Å². The normalized spacial score (nSPS) is 35.3. The van der Waals surface area contributed by atoms with Crippen molar-refractivity contribution in [2.45, 2.75) is 44.9 Å². The van der Waals surface area contributed by atoms with Crippen LogP contribution in [0.1, 0.15) is 49.7 Å². The van der Waals surface area contributed by atoms with E-state index in [2.05, 4.69) is 25.0 Å². The van der Waals surface area contributed by atoms with E-state index < -0.39 is 0 Å². The molecule has 111 valence electrons. The van der Waals surface area contributed by atoms with E-state index in [9.17, 15) is 5.11 Å². The van der Waals surface area contributed by atoms with E-state index in [1.165, 1.54) is 36.0 Å². The third-order valence-electron chi connectivity index (χ3n) is 6.45. The summed E-state index contributed by atoms with van der Waals surface area (Å²) >= 11 is 0. The first-order chi connectivity index (χ1) is 10.1. The number of aryl methyl sites for hydroxylation is 1. The van der Waals surface area contributed by atoms with Crippen molar-refractivity contribution >= 4 is 0 Å². The molecule has 0 aromatic heterocycles. The quantitative estimate of drug-likeness (QED) is 0.518. The summed E-state index contributed by atoms with van der Waals surface area (Å²) in [6.45, 7) is 2.39. The number of rotatable bonds is 0. The van der Waals surface area contributed by atoms with Gasteiger partial charge in [-0.2, -0.15) is 0 Å². The first-order valence-electron chi connectivity index (χ1n) is 8.12. The van der Waals surface area contributed by atoms with Gasteiger partial charge in [-0.25, -0.2) is 0 Å². The molecule has 1 aromatic rings. The summed E-state index contributed by atoms with van der Waals surface area (Å²) < 4.78 is 0. The number of phenols is 1. The maximum atomic E-state index is 9.71. The number of phenolic OH excluding ortho intramolecular Hbond substituents is 1. The molecule has 22 heavy (non-hydrogen) atoms. The first kappa shape index (κ1) is 16.6. The minimum Gasteiger partial charge on any atom is -0.508 e. The molecule has 0 aliphatic heterocycles. The van der Waals surface area contributed by atoms with Crippen molar-refractivity contribution in [3.05, 3.63) is 41.0 Å². The van der Waals surface area contributed by atoms with Gasteiger partial charge in [0.1, 0.15) is 5.75 Å². The van der Waals surface area contributed by atoms with Gasteiger partial charge >= 0.3 is 0 Å². The fourth-order valence-electron chi connectivity index (χ4n) is 5.36. The number of hydrogen-bond acceptors (Lipinski definition) is 1. The van der Waals surface area contributed by atoms with Crippen LogP contribution in [0.2, 0.25) is 0 Å². The standard InChI is InChI=1S/C20H22O.Ac/c1-3-14-5-9-19-18-7-4-13-12-15(21)6-8-16(13)17(18)10-11-20(14,19)2;/h1,5-6,8,12,17-19,21H,4,7,9-11H2,2H3;/t17?,18?,19?,20-;/m1./s1. The molecule has 1 radical (unpaired) electrons. The number of fused-ring (bicyclic) bond motifs is 5. The molecule has 0 saturated heterocycles. The molecule has 3 aliphatic rings. The molecular formula is C20H22AcO. The largest absolute Gasteiger partial charge is 0.508 e. The van der Waals surface area contributed by atoms with Gasteiger partial charge in [-0.3, -0.25) is 0 Å². The van der Waals surface area contributed by atoms with Crippen molar-refractivity contribution in [3.8, 4) is 18.1 Å². The number of benzene rings is 1. The van der Waals surface area contributed by atoms with Gasteiger partial charge in [-0.05, 0) is 73.1 Å². The molecule has 1 fully saturated rings. The van der Waals surface area contributed by atoms with E-state index in [0.29, 0.717) is 17.6 Å². The first-order valence-corrected chi connectivity index (χ1v) is 8.12. The summed E-state index contributed by atoms with van der Waals surface area (Å²) in [5.41, 5.74) is 4.34.